The molecule has 2 rings (SSSR count). The van der Waals surface area contributed by atoms with Crippen LogP contribution in [-0.4, -0.2) is 16.3 Å². The number of thioether (sulfide) groups is 1. The molecular formula is C15H19FO2S. The number of carboxylic acids is 1. The minimum Gasteiger partial charge on any atom is -0.481 e. The second-order valence-electron chi connectivity index (χ2n) is 5.12. The highest BCUT2D eigenvalue weighted by molar-refractivity contribution is 8.00. The molecule has 0 aromatic heterocycles. The second kappa shape index (κ2) is 6.42. The lowest BCUT2D eigenvalue weighted by Gasteiger charge is -2.33. The molecule has 1 fully saturated rings. The van der Waals surface area contributed by atoms with Crippen LogP contribution < -0.4 is 0 Å². The van der Waals surface area contributed by atoms with Gasteiger partial charge in [-0.3, -0.25) is 4.79 Å². The summed E-state index contributed by atoms with van der Waals surface area (Å²) in [5.41, 5.74) is 0. The van der Waals surface area contributed by atoms with Crippen LogP contribution in [0, 0.1) is 17.7 Å². The quantitative estimate of drug-likeness (QED) is 0.899. The molecule has 1 aromatic rings. The van der Waals surface area contributed by atoms with Crippen LogP contribution in [0.3, 0.4) is 0 Å². The van der Waals surface area contributed by atoms with Crippen molar-refractivity contribution in [1.82, 2.24) is 0 Å². The Balaban J connectivity index is 2.13. The molecule has 1 aliphatic rings. The lowest BCUT2D eigenvalue weighted by atomic mass is 9.80. The van der Waals surface area contributed by atoms with Crippen LogP contribution in [-0.2, 0) is 4.79 Å². The highest BCUT2D eigenvalue weighted by atomic mass is 32.2. The Hall–Kier alpha value is -1.03. The van der Waals surface area contributed by atoms with Gasteiger partial charge in [0.05, 0.1) is 5.92 Å². The molecule has 2 nitrogen and oxygen atoms in total. The van der Waals surface area contributed by atoms with Gasteiger partial charge in [-0.1, -0.05) is 25.5 Å². The van der Waals surface area contributed by atoms with Crippen LogP contribution >= 0.6 is 11.8 Å². The maximum absolute atomic E-state index is 13.7. The number of benzene rings is 1. The van der Waals surface area contributed by atoms with Crippen molar-refractivity contribution < 1.29 is 14.3 Å². The van der Waals surface area contributed by atoms with Crippen molar-refractivity contribution in [2.75, 3.05) is 0 Å². The van der Waals surface area contributed by atoms with E-state index < -0.39 is 5.97 Å². The average Bonchev–Trinajstić information content (AvgIpc) is 2.41. The van der Waals surface area contributed by atoms with Crippen LogP contribution in [0.15, 0.2) is 29.2 Å². The molecule has 0 heterocycles. The molecule has 1 N–H and O–H groups in total. The third-order valence-corrected chi connectivity index (χ3v) is 5.32. The fraction of sp³-hybridized carbons (Fsp3) is 0.533. The van der Waals surface area contributed by atoms with E-state index in [1.54, 1.807) is 18.2 Å². The molecule has 0 saturated heterocycles. The third-order valence-electron chi connectivity index (χ3n) is 3.91. The molecule has 1 aromatic carbocycles. The zero-order valence-corrected chi connectivity index (χ0v) is 11.8. The van der Waals surface area contributed by atoms with Crippen molar-refractivity contribution in [1.29, 1.82) is 0 Å². The van der Waals surface area contributed by atoms with Gasteiger partial charge in [0.2, 0.25) is 0 Å². The third kappa shape index (κ3) is 3.50. The Morgan fingerprint density at radius 3 is 2.79 bits per heavy atom. The number of hydrogen-bond donors (Lipinski definition) is 1. The van der Waals surface area contributed by atoms with E-state index in [1.807, 2.05) is 0 Å². The SMILES string of the molecule is CCC1CCC(C(=O)O)C(Sc2ccccc2F)C1. The summed E-state index contributed by atoms with van der Waals surface area (Å²) in [6.45, 7) is 2.14. The maximum Gasteiger partial charge on any atom is 0.307 e. The van der Waals surface area contributed by atoms with Crippen molar-refractivity contribution >= 4 is 17.7 Å². The Bertz CT molecular complexity index is 450. The molecule has 3 unspecified atom stereocenters. The van der Waals surface area contributed by atoms with E-state index >= 15 is 0 Å². The molecule has 0 radical (unpaired) electrons. The average molecular weight is 282 g/mol. The summed E-state index contributed by atoms with van der Waals surface area (Å²) in [4.78, 5) is 11.9. The summed E-state index contributed by atoms with van der Waals surface area (Å²) < 4.78 is 13.7. The Morgan fingerprint density at radius 2 is 2.16 bits per heavy atom. The molecule has 0 amide bonds. The Morgan fingerprint density at radius 1 is 1.42 bits per heavy atom. The van der Waals surface area contributed by atoms with Crippen LogP contribution in [0.25, 0.3) is 0 Å². The van der Waals surface area contributed by atoms with Gasteiger partial charge in [-0.25, -0.2) is 4.39 Å². The van der Waals surface area contributed by atoms with Gasteiger partial charge < -0.3 is 5.11 Å². The fourth-order valence-electron chi connectivity index (χ4n) is 2.70. The fourth-order valence-corrected chi connectivity index (χ4v) is 4.15. The van der Waals surface area contributed by atoms with Crippen molar-refractivity contribution in [3.8, 4) is 0 Å². The molecule has 104 valence electrons. The van der Waals surface area contributed by atoms with Crippen molar-refractivity contribution in [2.24, 2.45) is 11.8 Å². The van der Waals surface area contributed by atoms with Gasteiger partial charge in [0.1, 0.15) is 5.82 Å². The smallest absolute Gasteiger partial charge is 0.307 e. The zero-order valence-electron chi connectivity index (χ0n) is 11.0. The van der Waals surface area contributed by atoms with Crippen LogP contribution in [0.4, 0.5) is 4.39 Å². The topological polar surface area (TPSA) is 37.3 Å². The molecule has 1 saturated carbocycles. The predicted octanol–water partition coefficient (Wildman–Crippen LogP) is 4.20. The Kier molecular flexibility index (Phi) is 4.86. The molecule has 0 bridgehead atoms. The summed E-state index contributed by atoms with van der Waals surface area (Å²) in [5.74, 6) is -0.786. The van der Waals surface area contributed by atoms with E-state index in [4.69, 9.17) is 0 Å². The van der Waals surface area contributed by atoms with Crippen LogP contribution in [0.2, 0.25) is 0 Å². The molecule has 4 heteroatoms. The monoisotopic (exact) mass is 282 g/mol. The number of rotatable bonds is 4. The Labute approximate surface area is 117 Å². The first kappa shape index (κ1) is 14.4. The number of hydrogen-bond acceptors (Lipinski definition) is 2. The van der Waals surface area contributed by atoms with Crippen LogP contribution in [0.1, 0.15) is 32.6 Å². The van der Waals surface area contributed by atoms with Crippen molar-refractivity contribution in [3.05, 3.63) is 30.1 Å². The summed E-state index contributed by atoms with van der Waals surface area (Å²) in [5, 5.41) is 9.29. The first-order chi connectivity index (χ1) is 9.11. The van der Waals surface area contributed by atoms with Gasteiger partial charge in [0.25, 0.3) is 0 Å². The molecular weight excluding hydrogens is 263 g/mol. The largest absolute Gasteiger partial charge is 0.481 e. The van der Waals surface area contributed by atoms with E-state index in [2.05, 4.69) is 6.92 Å². The van der Waals surface area contributed by atoms with E-state index in [9.17, 15) is 14.3 Å². The number of halogens is 1. The normalized spacial score (nSPS) is 27.2. The first-order valence-corrected chi connectivity index (χ1v) is 7.63. The first-order valence-electron chi connectivity index (χ1n) is 6.75. The standard InChI is InChI=1S/C15H19FO2S/c1-2-10-7-8-11(15(17)18)14(9-10)19-13-6-4-3-5-12(13)16/h3-6,10-11,14H,2,7-9H2,1H3,(H,17,18). The van der Waals surface area contributed by atoms with E-state index in [1.165, 1.54) is 17.8 Å². The second-order valence-corrected chi connectivity index (χ2v) is 6.40. The minimum absolute atomic E-state index is 0.0203. The highest BCUT2D eigenvalue weighted by Gasteiger charge is 2.35. The summed E-state index contributed by atoms with van der Waals surface area (Å²) >= 11 is 1.39. The maximum atomic E-state index is 13.7. The van der Waals surface area contributed by atoms with Crippen molar-refractivity contribution in [3.63, 3.8) is 0 Å². The van der Waals surface area contributed by atoms with E-state index in [0.717, 1.165) is 19.3 Å². The van der Waals surface area contributed by atoms with Gasteiger partial charge in [0.15, 0.2) is 0 Å². The van der Waals surface area contributed by atoms with E-state index in [-0.39, 0.29) is 17.0 Å². The summed E-state index contributed by atoms with van der Waals surface area (Å²) in [7, 11) is 0. The van der Waals surface area contributed by atoms with Gasteiger partial charge in [0, 0.05) is 10.1 Å². The lowest BCUT2D eigenvalue weighted by Crippen LogP contribution is -2.32. The number of aliphatic carboxylic acids is 1. The minimum atomic E-state index is -0.747. The molecule has 0 spiro atoms. The number of carboxylic acid groups (broad SMARTS) is 1. The van der Waals surface area contributed by atoms with E-state index in [0.29, 0.717) is 17.2 Å². The van der Waals surface area contributed by atoms with Gasteiger partial charge in [-0.2, -0.15) is 0 Å². The summed E-state index contributed by atoms with van der Waals surface area (Å²) in [6.07, 6.45) is 3.62. The molecule has 1 aliphatic carbocycles. The van der Waals surface area contributed by atoms with Crippen molar-refractivity contribution in [2.45, 2.75) is 42.8 Å². The van der Waals surface area contributed by atoms with Gasteiger partial charge >= 0.3 is 5.97 Å². The van der Waals surface area contributed by atoms with Gasteiger partial charge in [-0.15, -0.1) is 11.8 Å². The molecule has 19 heavy (non-hydrogen) atoms. The molecule has 0 aliphatic heterocycles. The summed E-state index contributed by atoms with van der Waals surface area (Å²) in [6, 6.07) is 6.61. The zero-order chi connectivity index (χ0) is 13.8. The molecule has 3 atom stereocenters. The van der Waals surface area contributed by atoms with Gasteiger partial charge in [-0.05, 0) is 37.3 Å². The number of carbonyl (C=O) groups is 1. The highest BCUT2D eigenvalue weighted by Crippen LogP contribution is 2.41. The lowest BCUT2D eigenvalue weighted by molar-refractivity contribution is -0.142. The predicted molar refractivity (Wildman–Crippen MR) is 74.8 cm³/mol. The van der Waals surface area contributed by atoms with Crippen LogP contribution in [0.5, 0.6) is 0 Å².